The molecule has 3 heteroatoms. The van der Waals surface area contributed by atoms with Crippen molar-refractivity contribution in [3.05, 3.63) is 72.4 Å². The lowest BCUT2D eigenvalue weighted by Crippen LogP contribution is -1.87. The number of hydrogen-bond donors (Lipinski definition) is 0. The summed E-state index contributed by atoms with van der Waals surface area (Å²) < 4.78 is 5.80. The van der Waals surface area contributed by atoms with Crippen molar-refractivity contribution < 1.29 is 4.42 Å². The van der Waals surface area contributed by atoms with Gasteiger partial charge in [-0.05, 0) is 47.9 Å². The summed E-state index contributed by atoms with van der Waals surface area (Å²) in [4.78, 5) is 8.91. The van der Waals surface area contributed by atoms with Crippen LogP contribution in [0.15, 0.2) is 71.3 Å². The lowest BCUT2D eigenvalue weighted by Gasteiger charge is -2.06. The van der Waals surface area contributed by atoms with Crippen molar-refractivity contribution in [2.24, 2.45) is 0 Å². The van der Waals surface area contributed by atoms with Gasteiger partial charge in [-0.3, -0.25) is 4.98 Å². The number of hydrogen-bond acceptors (Lipinski definition) is 3. The predicted molar refractivity (Wildman–Crippen MR) is 87.4 cm³/mol. The zero-order valence-corrected chi connectivity index (χ0v) is 12.2. The summed E-state index contributed by atoms with van der Waals surface area (Å²) in [5.74, 6) is 0.552. The SMILES string of the molecule is Cc1ccccc1-c1ccnc(-c2nc3ccccc3o2)c1. The van der Waals surface area contributed by atoms with Gasteiger partial charge < -0.3 is 4.42 Å². The number of nitrogens with zero attached hydrogens (tertiary/aromatic N) is 2. The third kappa shape index (κ3) is 2.17. The van der Waals surface area contributed by atoms with Crippen molar-refractivity contribution in [2.45, 2.75) is 6.92 Å². The van der Waals surface area contributed by atoms with E-state index < -0.39 is 0 Å². The number of rotatable bonds is 2. The second kappa shape index (κ2) is 5.11. The molecule has 3 nitrogen and oxygen atoms in total. The maximum atomic E-state index is 5.80. The van der Waals surface area contributed by atoms with Crippen LogP contribution in [0.3, 0.4) is 0 Å². The van der Waals surface area contributed by atoms with Gasteiger partial charge in [0.1, 0.15) is 11.2 Å². The Morgan fingerprint density at radius 3 is 2.59 bits per heavy atom. The lowest BCUT2D eigenvalue weighted by molar-refractivity contribution is 0.617. The molecule has 0 radical (unpaired) electrons. The number of aromatic nitrogens is 2. The molecular weight excluding hydrogens is 272 g/mol. The standard InChI is InChI=1S/C19H14N2O/c1-13-6-2-3-7-15(13)14-10-11-20-17(12-14)19-21-16-8-4-5-9-18(16)22-19/h2-12H,1H3. The minimum atomic E-state index is 0.552. The van der Waals surface area contributed by atoms with Crippen LogP contribution in [-0.4, -0.2) is 9.97 Å². The average molecular weight is 286 g/mol. The smallest absolute Gasteiger partial charge is 0.246 e. The second-order valence-corrected chi connectivity index (χ2v) is 5.23. The van der Waals surface area contributed by atoms with Crippen molar-refractivity contribution >= 4 is 11.1 Å². The Labute approximate surface area is 128 Å². The van der Waals surface area contributed by atoms with E-state index in [1.165, 1.54) is 11.1 Å². The quantitative estimate of drug-likeness (QED) is 0.528. The minimum absolute atomic E-state index is 0.552. The predicted octanol–water partition coefficient (Wildman–Crippen LogP) is 4.87. The van der Waals surface area contributed by atoms with E-state index >= 15 is 0 Å². The molecule has 0 amide bonds. The normalized spacial score (nSPS) is 11.0. The zero-order valence-electron chi connectivity index (χ0n) is 12.2. The molecule has 0 unspecified atom stereocenters. The number of aryl methyl sites for hydroxylation is 1. The van der Waals surface area contributed by atoms with Crippen molar-refractivity contribution in [1.82, 2.24) is 9.97 Å². The molecule has 0 saturated heterocycles. The third-order valence-electron chi connectivity index (χ3n) is 3.73. The summed E-state index contributed by atoms with van der Waals surface area (Å²) in [6.45, 7) is 2.11. The molecule has 2 aromatic heterocycles. The van der Waals surface area contributed by atoms with Crippen molar-refractivity contribution in [3.63, 3.8) is 0 Å². The van der Waals surface area contributed by atoms with Crippen LogP contribution in [0.25, 0.3) is 33.8 Å². The maximum Gasteiger partial charge on any atom is 0.246 e. The molecule has 0 aliphatic heterocycles. The fourth-order valence-electron chi connectivity index (χ4n) is 2.59. The van der Waals surface area contributed by atoms with Crippen LogP contribution in [0.2, 0.25) is 0 Å². The van der Waals surface area contributed by atoms with Crippen LogP contribution < -0.4 is 0 Å². The molecule has 0 fully saturated rings. The zero-order chi connectivity index (χ0) is 14.9. The summed E-state index contributed by atoms with van der Waals surface area (Å²) >= 11 is 0. The fraction of sp³-hybridized carbons (Fsp3) is 0.0526. The number of fused-ring (bicyclic) bond motifs is 1. The Bertz CT molecular complexity index is 923. The second-order valence-electron chi connectivity index (χ2n) is 5.23. The highest BCUT2D eigenvalue weighted by Gasteiger charge is 2.10. The Morgan fingerprint density at radius 2 is 1.73 bits per heavy atom. The fourth-order valence-corrected chi connectivity index (χ4v) is 2.59. The summed E-state index contributed by atoms with van der Waals surface area (Å²) in [5, 5.41) is 0. The van der Waals surface area contributed by atoms with Crippen LogP contribution in [-0.2, 0) is 0 Å². The van der Waals surface area contributed by atoms with Gasteiger partial charge in [-0.1, -0.05) is 36.4 Å². The number of benzene rings is 2. The van der Waals surface area contributed by atoms with Gasteiger partial charge in [-0.15, -0.1) is 0 Å². The van der Waals surface area contributed by atoms with E-state index in [-0.39, 0.29) is 0 Å². The summed E-state index contributed by atoms with van der Waals surface area (Å²) in [6.07, 6.45) is 1.80. The lowest BCUT2D eigenvalue weighted by atomic mass is 10.0. The van der Waals surface area contributed by atoms with E-state index in [1.807, 2.05) is 48.5 Å². The molecule has 4 aromatic rings. The maximum absolute atomic E-state index is 5.80. The first-order valence-electron chi connectivity index (χ1n) is 7.19. The van der Waals surface area contributed by atoms with Crippen LogP contribution in [0.4, 0.5) is 0 Å². The number of pyridine rings is 1. The molecule has 0 atom stereocenters. The van der Waals surface area contributed by atoms with Gasteiger partial charge >= 0.3 is 0 Å². The first kappa shape index (κ1) is 12.8. The first-order valence-corrected chi connectivity index (χ1v) is 7.19. The Morgan fingerprint density at radius 1 is 0.909 bits per heavy atom. The largest absolute Gasteiger partial charge is 0.435 e. The van der Waals surface area contributed by atoms with Crippen molar-refractivity contribution in [3.8, 4) is 22.7 Å². The van der Waals surface area contributed by atoms with E-state index in [4.69, 9.17) is 4.42 Å². The molecule has 0 saturated carbocycles. The van der Waals surface area contributed by atoms with Crippen LogP contribution in [0.1, 0.15) is 5.56 Å². The molecule has 2 aromatic carbocycles. The van der Waals surface area contributed by atoms with Gasteiger partial charge in [0, 0.05) is 6.20 Å². The molecule has 2 heterocycles. The first-order chi connectivity index (χ1) is 10.8. The van der Waals surface area contributed by atoms with Crippen LogP contribution in [0, 0.1) is 6.92 Å². The van der Waals surface area contributed by atoms with Gasteiger partial charge in [0.15, 0.2) is 5.58 Å². The van der Waals surface area contributed by atoms with Crippen molar-refractivity contribution in [1.29, 1.82) is 0 Å². The van der Waals surface area contributed by atoms with Gasteiger partial charge in [-0.2, -0.15) is 0 Å². The molecule has 0 spiro atoms. The van der Waals surface area contributed by atoms with E-state index in [0.29, 0.717) is 5.89 Å². The Kier molecular flexibility index (Phi) is 2.97. The Hall–Kier alpha value is -2.94. The van der Waals surface area contributed by atoms with Gasteiger partial charge in [0.05, 0.1) is 0 Å². The highest BCUT2D eigenvalue weighted by molar-refractivity contribution is 5.76. The molecule has 0 bridgehead atoms. The molecule has 4 rings (SSSR count). The Balaban J connectivity index is 1.83. The topological polar surface area (TPSA) is 38.9 Å². The van der Waals surface area contributed by atoms with E-state index in [1.54, 1.807) is 6.20 Å². The molecule has 0 N–H and O–H groups in total. The van der Waals surface area contributed by atoms with E-state index in [0.717, 1.165) is 22.4 Å². The summed E-state index contributed by atoms with van der Waals surface area (Å²) in [7, 11) is 0. The molecule has 0 aliphatic rings. The molecule has 22 heavy (non-hydrogen) atoms. The minimum Gasteiger partial charge on any atom is -0.435 e. The van der Waals surface area contributed by atoms with E-state index in [2.05, 4.69) is 29.0 Å². The van der Waals surface area contributed by atoms with Gasteiger partial charge in [-0.25, -0.2) is 4.98 Å². The van der Waals surface area contributed by atoms with Crippen LogP contribution in [0.5, 0.6) is 0 Å². The highest BCUT2D eigenvalue weighted by atomic mass is 16.3. The highest BCUT2D eigenvalue weighted by Crippen LogP contribution is 2.28. The van der Waals surface area contributed by atoms with Gasteiger partial charge in [0.25, 0.3) is 0 Å². The summed E-state index contributed by atoms with van der Waals surface area (Å²) in [5.41, 5.74) is 5.92. The molecular formula is C19H14N2O. The average Bonchev–Trinajstić information content (AvgIpc) is 2.99. The molecule has 0 aliphatic carbocycles. The third-order valence-corrected chi connectivity index (χ3v) is 3.73. The summed E-state index contributed by atoms with van der Waals surface area (Å²) in [6, 6.07) is 20.1. The van der Waals surface area contributed by atoms with Gasteiger partial charge in [0.2, 0.25) is 5.89 Å². The molecule has 106 valence electrons. The van der Waals surface area contributed by atoms with Crippen LogP contribution >= 0.6 is 0 Å². The van der Waals surface area contributed by atoms with Crippen molar-refractivity contribution in [2.75, 3.05) is 0 Å². The number of oxazole rings is 1. The number of para-hydroxylation sites is 2. The van der Waals surface area contributed by atoms with E-state index in [9.17, 15) is 0 Å². The monoisotopic (exact) mass is 286 g/mol.